The lowest BCUT2D eigenvalue weighted by atomic mass is 10.1. The van der Waals surface area contributed by atoms with Gasteiger partial charge in [-0.25, -0.2) is 0 Å². The number of aliphatic hydroxyl groups is 1. The molecule has 96 valence electrons. The maximum Gasteiger partial charge on any atom is 0.441 e. The molecular weight excluding hydrogens is 253 g/mol. The van der Waals surface area contributed by atoms with E-state index in [4.69, 9.17) is 4.74 Å². The molecule has 0 fully saturated rings. The molecule has 0 unspecified atom stereocenters. The second-order valence-electron chi connectivity index (χ2n) is 3.36. The average molecular weight is 266 g/mol. The van der Waals surface area contributed by atoms with Gasteiger partial charge >= 0.3 is 5.51 Å². The summed E-state index contributed by atoms with van der Waals surface area (Å²) in [6, 6.07) is 6.74. The summed E-state index contributed by atoms with van der Waals surface area (Å²) in [7, 11) is 0. The van der Waals surface area contributed by atoms with E-state index in [0.717, 1.165) is 0 Å². The molecule has 1 aromatic carbocycles. The first-order valence-electron chi connectivity index (χ1n) is 5.00. The SMILES string of the molecule is C[C@H](O)c1ccccc1OCCSC(F)(F)F. The summed E-state index contributed by atoms with van der Waals surface area (Å²) in [6.07, 6.45) is -0.707. The molecule has 0 aliphatic carbocycles. The number of benzene rings is 1. The van der Waals surface area contributed by atoms with Crippen molar-refractivity contribution >= 4 is 11.8 Å². The van der Waals surface area contributed by atoms with Crippen LogP contribution in [0.1, 0.15) is 18.6 Å². The van der Waals surface area contributed by atoms with Crippen molar-refractivity contribution in [2.75, 3.05) is 12.4 Å². The van der Waals surface area contributed by atoms with Gasteiger partial charge in [-0.05, 0) is 24.8 Å². The third-order valence-electron chi connectivity index (χ3n) is 1.98. The summed E-state index contributed by atoms with van der Waals surface area (Å²) < 4.78 is 40.8. The molecule has 0 aromatic heterocycles. The van der Waals surface area contributed by atoms with Gasteiger partial charge in [-0.1, -0.05) is 18.2 Å². The quantitative estimate of drug-likeness (QED) is 0.828. The zero-order valence-electron chi connectivity index (χ0n) is 9.20. The van der Waals surface area contributed by atoms with Crippen LogP contribution in [-0.2, 0) is 0 Å². The number of aliphatic hydroxyl groups excluding tert-OH is 1. The lowest BCUT2D eigenvalue weighted by Crippen LogP contribution is -2.08. The van der Waals surface area contributed by atoms with Gasteiger partial charge in [-0.2, -0.15) is 13.2 Å². The number of rotatable bonds is 5. The molecule has 1 atom stereocenters. The molecule has 0 saturated carbocycles. The summed E-state index contributed by atoms with van der Waals surface area (Å²) in [5, 5.41) is 9.43. The normalized spacial score (nSPS) is 13.5. The highest BCUT2D eigenvalue weighted by atomic mass is 32.2. The van der Waals surface area contributed by atoms with Crippen molar-refractivity contribution in [2.24, 2.45) is 0 Å². The van der Waals surface area contributed by atoms with Gasteiger partial charge < -0.3 is 9.84 Å². The summed E-state index contributed by atoms with van der Waals surface area (Å²) >= 11 is -0.120. The topological polar surface area (TPSA) is 29.5 Å². The molecule has 0 aliphatic heterocycles. The number of para-hydroxylation sites is 1. The Bertz CT molecular complexity index is 353. The lowest BCUT2D eigenvalue weighted by Gasteiger charge is -2.13. The maximum absolute atomic E-state index is 11.9. The fourth-order valence-electron chi connectivity index (χ4n) is 1.27. The molecule has 1 rings (SSSR count). The molecule has 0 aliphatic rings. The first-order valence-corrected chi connectivity index (χ1v) is 5.99. The van der Waals surface area contributed by atoms with Crippen LogP contribution < -0.4 is 4.74 Å². The van der Waals surface area contributed by atoms with Crippen LogP contribution in [-0.4, -0.2) is 23.0 Å². The Morgan fingerprint density at radius 1 is 1.35 bits per heavy atom. The highest BCUT2D eigenvalue weighted by Crippen LogP contribution is 2.30. The van der Waals surface area contributed by atoms with E-state index in [-0.39, 0.29) is 24.1 Å². The largest absolute Gasteiger partial charge is 0.492 e. The van der Waals surface area contributed by atoms with Crippen LogP contribution in [0.2, 0.25) is 0 Å². The molecule has 17 heavy (non-hydrogen) atoms. The second kappa shape index (κ2) is 6.16. The van der Waals surface area contributed by atoms with Crippen LogP contribution in [0.3, 0.4) is 0 Å². The van der Waals surface area contributed by atoms with Gasteiger partial charge in [0.2, 0.25) is 0 Å². The Balaban J connectivity index is 2.47. The van der Waals surface area contributed by atoms with Crippen molar-refractivity contribution < 1.29 is 23.0 Å². The van der Waals surface area contributed by atoms with Crippen molar-refractivity contribution in [3.8, 4) is 5.75 Å². The number of ether oxygens (including phenoxy) is 1. The van der Waals surface area contributed by atoms with Crippen molar-refractivity contribution in [3.05, 3.63) is 29.8 Å². The number of hydrogen-bond acceptors (Lipinski definition) is 3. The molecule has 0 radical (unpaired) electrons. The highest BCUT2D eigenvalue weighted by Gasteiger charge is 2.27. The summed E-state index contributed by atoms with van der Waals surface area (Å²) in [5.74, 6) is 0.253. The van der Waals surface area contributed by atoms with Gasteiger partial charge in [-0.3, -0.25) is 0 Å². The minimum atomic E-state index is -4.23. The van der Waals surface area contributed by atoms with E-state index in [1.54, 1.807) is 31.2 Å². The third kappa shape index (κ3) is 5.32. The van der Waals surface area contributed by atoms with E-state index in [2.05, 4.69) is 0 Å². The zero-order valence-corrected chi connectivity index (χ0v) is 10.0. The van der Waals surface area contributed by atoms with Crippen molar-refractivity contribution in [2.45, 2.75) is 18.5 Å². The predicted octanol–water partition coefficient (Wildman–Crippen LogP) is 3.37. The van der Waals surface area contributed by atoms with Crippen LogP contribution in [0.4, 0.5) is 13.2 Å². The van der Waals surface area contributed by atoms with Gasteiger partial charge in [0.05, 0.1) is 12.7 Å². The number of halogens is 3. The Kier molecular flexibility index (Phi) is 5.14. The van der Waals surface area contributed by atoms with Crippen LogP contribution >= 0.6 is 11.8 Å². The molecule has 0 heterocycles. The monoisotopic (exact) mass is 266 g/mol. The van der Waals surface area contributed by atoms with Crippen LogP contribution in [0.25, 0.3) is 0 Å². The van der Waals surface area contributed by atoms with Crippen LogP contribution in [0.5, 0.6) is 5.75 Å². The molecule has 1 aromatic rings. The maximum atomic E-state index is 11.9. The molecule has 6 heteroatoms. The molecule has 0 spiro atoms. The summed E-state index contributed by atoms with van der Waals surface area (Å²) in [5.41, 5.74) is -3.66. The molecular formula is C11H13F3O2S. The Hall–Kier alpha value is -0.880. The van der Waals surface area contributed by atoms with E-state index >= 15 is 0 Å². The summed E-state index contributed by atoms with van der Waals surface area (Å²) in [6.45, 7) is 1.53. The summed E-state index contributed by atoms with van der Waals surface area (Å²) in [4.78, 5) is 0. The minimum absolute atomic E-state index is 0.0477. The molecule has 2 nitrogen and oxygen atoms in total. The van der Waals surface area contributed by atoms with Gasteiger partial charge in [0.1, 0.15) is 5.75 Å². The Morgan fingerprint density at radius 2 is 2.00 bits per heavy atom. The number of hydrogen-bond donors (Lipinski definition) is 1. The smallest absolute Gasteiger partial charge is 0.441 e. The van der Waals surface area contributed by atoms with E-state index in [1.165, 1.54) is 0 Å². The first kappa shape index (κ1) is 14.2. The molecule has 0 amide bonds. The standard InChI is InChI=1S/C11H13F3O2S/c1-8(15)9-4-2-3-5-10(9)16-6-7-17-11(12,13)14/h2-5,8,15H,6-7H2,1H3/t8-/m0/s1. The van der Waals surface area contributed by atoms with Crippen molar-refractivity contribution in [1.29, 1.82) is 0 Å². The zero-order chi connectivity index (χ0) is 12.9. The fraction of sp³-hybridized carbons (Fsp3) is 0.455. The van der Waals surface area contributed by atoms with Crippen LogP contribution in [0, 0.1) is 0 Å². The Morgan fingerprint density at radius 3 is 2.59 bits per heavy atom. The fourth-order valence-corrected chi connectivity index (χ4v) is 1.66. The van der Waals surface area contributed by atoms with Crippen LogP contribution in [0.15, 0.2) is 24.3 Å². The molecule has 1 N–H and O–H groups in total. The van der Waals surface area contributed by atoms with Crippen molar-refractivity contribution in [1.82, 2.24) is 0 Å². The number of thioether (sulfide) groups is 1. The first-order chi connectivity index (χ1) is 7.90. The van der Waals surface area contributed by atoms with Gasteiger partial charge in [0, 0.05) is 11.3 Å². The van der Waals surface area contributed by atoms with Gasteiger partial charge in [0.25, 0.3) is 0 Å². The van der Waals surface area contributed by atoms with Gasteiger partial charge in [0.15, 0.2) is 0 Å². The Labute approximate surface area is 102 Å². The number of alkyl halides is 3. The molecule has 0 bridgehead atoms. The minimum Gasteiger partial charge on any atom is -0.492 e. The van der Waals surface area contributed by atoms with Gasteiger partial charge in [-0.15, -0.1) is 0 Å². The van der Waals surface area contributed by atoms with E-state index in [9.17, 15) is 18.3 Å². The lowest BCUT2D eigenvalue weighted by molar-refractivity contribution is -0.0329. The average Bonchev–Trinajstić information content (AvgIpc) is 2.23. The van der Waals surface area contributed by atoms with E-state index < -0.39 is 11.6 Å². The van der Waals surface area contributed by atoms with E-state index in [0.29, 0.717) is 11.3 Å². The third-order valence-corrected chi connectivity index (χ3v) is 2.67. The predicted molar refractivity (Wildman–Crippen MR) is 61.1 cm³/mol. The van der Waals surface area contributed by atoms with Crippen molar-refractivity contribution in [3.63, 3.8) is 0 Å². The van der Waals surface area contributed by atoms with E-state index in [1.807, 2.05) is 0 Å². The molecule has 0 saturated heterocycles. The highest BCUT2D eigenvalue weighted by molar-refractivity contribution is 8.00. The second-order valence-corrected chi connectivity index (χ2v) is 4.52.